The Balaban J connectivity index is 1.52. The molecule has 4 rings (SSSR count). The van der Waals surface area contributed by atoms with E-state index >= 15 is 0 Å². The molecular formula is C23H23N3O2S. The average molecular weight is 406 g/mol. The Kier molecular flexibility index (Phi) is 5.56. The van der Waals surface area contributed by atoms with Crippen molar-refractivity contribution in [3.63, 3.8) is 0 Å². The highest BCUT2D eigenvalue weighted by Gasteiger charge is 2.31. The van der Waals surface area contributed by atoms with Crippen molar-refractivity contribution in [1.82, 2.24) is 9.29 Å². The summed E-state index contributed by atoms with van der Waals surface area (Å²) in [6.07, 6.45) is 2.90. The number of nitrogens with zero attached hydrogens (tertiary/aromatic N) is 2. The van der Waals surface area contributed by atoms with Crippen molar-refractivity contribution < 1.29 is 8.42 Å². The van der Waals surface area contributed by atoms with E-state index in [9.17, 15) is 8.42 Å². The molecule has 1 saturated heterocycles. The first-order valence-electron chi connectivity index (χ1n) is 9.71. The van der Waals surface area contributed by atoms with Crippen LogP contribution in [0.25, 0.3) is 11.3 Å². The Morgan fingerprint density at radius 2 is 1.59 bits per heavy atom. The predicted molar refractivity (Wildman–Crippen MR) is 115 cm³/mol. The maximum Gasteiger partial charge on any atom is 0.260 e. The van der Waals surface area contributed by atoms with Crippen LogP contribution in [-0.4, -0.2) is 37.0 Å². The van der Waals surface area contributed by atoms with Crippen molar-refractivity contribution in [2.24, 2.45) is 0 Å². The Labute approximate surface area is 171 Å². The maximum absolute atomic E-state index is 13.1. The fraction of sp³-hybridized carbons (Fsp3) is 0.217. The van der Waals surface area contributed by atoms with Gasteiger partial charge in [0.05, 0.1) is 5.69 Å². The van der Waals surface area contributed by atoms with Crippen molar-refractivity contribution in [1.29, 1.82) is 5.41 Å². The summed E-state index contributed by atoms with van der Waals surface area (Å²) in [4.78, 5) is 4.44. The molecule has 0 radical (unpaired) electrons. The van der Waals surface area contributed by atoms with E-state index in [-0.39, 0.29) is 5.03 Å². The van der Waals surface area contributed by atoms with Crippen LogP contribution in [0.15, 0.2) is 77.8 Å². The van der Waals surface area contributed by atoms with Gasteiger partial charge in [0.15, 0.2) is 5.03 Å². The fourth-order valence-corrected chi connectivity index (χ4v) is 5.18. The first-order valence-corrected chi connectivity index (χ1v) is 11.1. The third-order valence-corrected chi connectivity index (χ3v) is 7.23. The Hall–Kier alpha value is -2.83. The second-order valence-corrected chi connectivity index (χ2v) is 9.10. The van der Waals surface area contributed by atoms with Gasteiger partial charge in [-0.1, -0.05) is 60.7 Å². The van der Waals surface area contributed by atoms with E-state index < -0.39 is 10.0 Å². The topological polar surface area (TPSA) is 74.1 Å². The molecule has 2 aromatic carbocycles. The second kappa shape index (κ2) is 8.27. The number of hydrogen-bond donors (Lipinski definition) is 1. The summed E-state index contributed by atoms with van der Waals surface area (Å²) in [7, 11) is -3.62. The first kappa shape index (κ1) is 19.5. The molecule has 0 saturated carbocycles. The van der Waals surface area contributed by atoms with Crippen LogP contribution in [0.1, 0.15) is 29.9 Å². The zero-order valence-electron chi connectivity index (χ0n) is 16.0. The number of benzene rings is 2. The maximum atomic E-state index is 13.1. The predicted octanol–water partition coefficient (Wildman–Crippen LogP) is 4.31. The van der Waals surface area contributed by atoms with E-state index in [0.717, 1.165) is 24.0 Å². The molecule has 6 heteroatoms. The molecule has 148 valence electrons. The van der Waals surface area contributed by atoms with Crippen LogP contribution in [0.2, 0.25) is 0 Å². The van der Waals surface area contributed by atoms with E-state index in [4.69, 9.17) is 5.41 Å². The summed E-state index contributed by atoms with van der Waals surface area (Å²) in [5.41, 5.74) is 3.51. The smallest absolute Gasteiger partial charge is 0.260 e. The third-order valence-electron chi connectivity index (χ3n) is 5.43. The minimum Gasteiger partial charge on any atom is -0.308 e. The molecular weight excluding hydrogens is 382 g/mol. The van der Waals surface area contributed by atoms with Gasteiger partial charge in [-0.05, 0) is 42.0 Å². The van der Waals surface area contributed by atoms with Crippen molar-refractivity contribution in [2.75, 3.05) is 13.1 Å². The van der Waals surface area contributed by atoms with Crippen molar-refractivity contribution >= 4 is 16.2 Å². The normalized spacial score (nSPS) is 15.9. The zero-order chi connectivity index (χ0) is 20.3. The average Bonchev–Trinajstić information content (AvgIpc) is 2.80. The second-order valence-electron chi connectivity index (χ2n) is 7.22. The lowest BCUT2D eigenvalue weighted by Gasteiger charge is -2.31. The van der Waals surface area contributed by atoms with Gasteiger partial charge in [0.25, 0.3) is 10.0 Å². The van der Waals surface area contributed by atoms with Crippen LogP contribution in [0.4, 0.5) is 0 Å². The molecule has 5 nitrogen and oxygen atoms in total. The van der Waals surface area contributed by atoms with Gasteiger partial charge < -0.3 is 5.41 Å². The molecule has 1 N–H and O–H groups in total. The van der Waals surface area contributed by atoms with Gasteiger partial charge in [-0.2, -0.15) is 4.31 Å². The minimum absolute atomic E-state index is 0.0873. The molecule has 1 fully saturated rings. The lowest BCUT2D eigenvalue weighted by molar-refractivity contribution is 0.318. The van der Waals surface area contributed by atoms with Gasteiger partial charge in [-0.25, -0.2) is 13.4 Å². The molecule has 0 bridgehead atoms. The van der Waals surface area contributed by atoms with Crippen LogP contribution in [-0.2, 0) is 10.0 Å². The monoisotopic (exact) mass is 405 g/mol. The Bertz CT molecular complexity index is 1090. The van der Waals surface area contributed by atoms with Gasteiger partial charge in [0.1, 0.15) is 0 Å². The summed E-state index contributed by atoms with van der Waals surface area (Å²) in [6.45, 7) is 1.00. The largest absolute Gasteiger partial charge is 0.308 e. The highest BCUT2D eigenvalue weighted by Crippen LogP contribution is 2.30. The van der Waals surface area contributed by atoms with Gasteiger partial charge in [-0.3, -0.25) is 0 Å². The highest BCUT2D eigenvalue weighted by molar-refractivity contribution is 7.89. The molecule has 2 heterocycles. The number of piperidine rings is 1. The van der Waals surface area contributed by atoms with E-state index in [1.54, 1.807) is 22.5 Å². The van der Waals surface area contributed by atoms with Crippen LogP contribution in [0.5, 0.6) is 0 Å². The quantitative estimate of drug-likeness (QED) is 0.643. The zero-order valence-corrected chi connectivity index (χ0v) is 16.8. The molecule has 0 aliphatic carbocycles. The molecule has 1 aliphatic rings. The van der Waals surface area contributed by atoms with Crippen molar-refractivity contribution in [3.8, 4) is 11.3 Å². The molecule has 1 aliphatic heterocycles. The van der Waals surface area contributed by atoms with Gasteiger partial charge in [-0.15, -0.1) is 0 Å². The van der Waals surface area contributed by atoms with E-state index in [1.165, 1.54) is 11.8 Å². The van der Waals surface area contributed by atoms with Crippen LogP contribution in [0.3, 0.4) is 0 Å². The number of sulfonamides is 1. The van der Waals surface area contributed by atoms with E-state index in [0.29, 0.717) is 24.7 Å². The molecule has 0 unspecified atom stereocenters. The van der Waals surface area contributed by atoms with Crippen LogP contribution in [0, 0.1) is 5.41 Å². The molecule has 0 atom stereocenters. The summed E-state index contributed by atoms with van der Waals surface area (Å²) in [5, 5.41) is 7.38. The SMILES string of the molecule is N=Cc1ccc(-c2cccc(S(=O)(=O)N3CCC(c4ccccc4)CC3)n2)cc1. The molecule has 0 spiro atoms. The number of pyridine rings is 1. The minimum atomic E-state index is -3.62. The Morgan fingerprint density at radius 3 is 2.24 bits per heavy atom. The lowest BCUT2D eigenvalue weighted by atomic mass is 9.90. The standard InChI is InChI=1S/C23H23N3O2S/c24-17-18-9-11-21(12-10-18)22-7-4-8-23(25-22)29(27,28)26-15-13-20(14-16-26)19-5-2-1-3-6-19/h1-12,17,20,24H,13-16H2. The van der Waals surface area contributed by atoms with Crippen molar-refractivity contribution in [2.45, 2.75) is 23.8 Å². The molecule has 29 heavy (non-hydrogen) atoms. The molecule has 0 amide bonds. The van der Waals surface area contributed by atoms with Gasteiger partial charge >= 0.3 is 0 Å². The fourth-order valence-electron chi connectivity index (χ4n) is 3.76. The molecule has 3 aromatic rings. The van der Waals surface area contributed by atoms with Crippen LogP contribution < -0.4 is 0 Å². The number of rotatable bonds is 5. The third kappa shape index (κ3) is 4.13. The first-order chi connectivity index (χ1) is 14.1. The van der Waals surface area contributed by atoms with Crippen LogP contribution >= 0.6 is 0 Å². The lowest BCUT2D eigenvalue weighted by Crippen LogP contribution is -2.38. The van der Waals surface area contributed by atoms with Crippen molar-refractivity contribution in [3.05, 3.63) is 83.9 Å². The number of nitrogens with one attached hydrogen (secondary N) is 1. The van der Waals surface area contributed by atoms with E-state index in [1.807, 2.05) is 42.5 Å². The summed E-state index contributed by atoms with van der Waals surface area (Å²) in [5.74, 6) is 0.397. The number of hydrogen-bond acceptors (Lipinski definition) is 4. The number of aromatic nitrogens is 1. The van der Waals surface area contributed by atoms with Gasteiger partial charge in [0, 0.05) is 24.9 Å². The summed E-state index contributed by atoms with van der Waals surface area (Å²) in [6, 6.07) is 22.7. The summed E-state index contributed by atoms with van der Waals surface area (Å²) >= 11 is 0. The Morgan fingerprint density at radius 1 is 0.897 bits per heavy atom. The summed E-state index contributed by atoms with van der Waals surface area (Å²) < 4.78 is 27.8. The van der Waals surface area contributed by atoms with E-state index in [2.05, 4.69) is 17.1 Å². The molecule has 1 aromatic heterocycles. The van der Waals surface area contributed by atoms with Gasteiger partial charge in [0.2, 0.25) is 0 Å². The highest BCUT2D eigenvalue weighted by atomic mass is 32.2.